The standard InChI is InChI=1S/C16H24N2O2/c1-11-7-13(9-18(11)2)17-14-8-12-5-4-6-15(19-3)16(12)20-10-14/h4-6,11,13-14,17H,7-10H2,1-3H3/t11-,13-,14-/m1/s1. The molecule has 0 saturated carbocycles. The van der Waals surface area contributed by atoms with Crippen LogP contribution in [-0.2, 0) is 6.42 Å². The number of ether oxygens (including phenoxy) is 2. The highest BCUT2D eigenvalue weighted by Gasteiger charge is 2.30. The van der Waals surface area contributed by atoms with E-state index in [1.807, 2.05) is 12.1 Å². The van der Waals surface area contributed by atoms with Crippen molar-refractivity contribution < 1.29 is 9.47 Å². The molecule has 1 aromatic rings. The van der Waals surface area contributed by atoms with Crippen molar-refractivity contribution in [1.29, 1.82) is 0 Å². The van der Waals surface area contributed by atoms with Gasteiger partial charge in [0.2, 0.25) is 0 Å². The van der Waals surface area contributed by atoms with Crippen LogP contribution in [0.5, 0.6) is 11.5 Å². The first-order valence-corrected chi connectivity index (χ1v) is 7.42. The van der Waals surface area contributed by atoms with Crippen molar-refractivity contribution in [2.24, 2.45) is 0 Å². The molecule has 3 atom stereocenters. The second-order valence-electron chi connectivity index (χ2n) is 6.05. The first-order chi connectivity index (χ1) is 9.67. The average Bonchev–Trinajstić information content (AvgIpc) is 2.76. The Morgan fingerprint density at radius 2 is 2.20 bits per heavy atom. The van der Waals surface area contributed by atoms with E-state index in [1.165, 1.54) is 12.0 Å². The van der Waals surface area contributed by atoms with Gasteiger partial charge in [0.05, 0.1) is 7.11 Å². The van der Waals surface area contributed by atoms with Gasteiger partial charge in [-0.2, -0.15) is 0 Å². The van der Waals surface area contributed by atoms with Gasteiger partial charge in [-0.25, -0.2) is 0 Å². The summed E-state index contributed by atoms with van der Waals surface area (Å²) in [6, 6.07) is 7.78. The highest BCUT2D eigenvalue weighted by molar-refractivity contribution is 5.48. The number of likely N-dealkylation sites (N-methyl/N-ethyl adjacent to an activating group) is 1. The van der Waals surface area contributed by atoms with Crippen LogP contribution in [0.2, 0.25) is 0 Å². The third kappa shape index (κ3) is 2.63. The Balaban J connectivity index is 1.64. The van der Waals surface area contributed by atoms with Gasteiger partial charge in [-0.15, -0.1) is 0 Å². The number of nitrogens with zero attached hydrogens (tertiary/aromatic N) is 1. The Hall–Kier alpha value is -1.26. The summed E-state index contributed by atoms with van der Waals surface area (Å²) in [5, 5.41) is 3.75. The fraction of sp³-hybridized carbons (Fsp3) is 0.625. The zero-order valence-corrected chi connectivity index (χ0v) is 12.6. The van der Waals surface area contributed by atoms with Gasteiger partial charge in [0, 0.05) is 24.7 Å². The summed E-state index contributed by atoms with van der Waals surface area (Å²) in [4.78, 5) is 2.42. The molecule has 2 aliphatic rings. The first-order valence-electron chi connectivity index (χ1n) is 7.42. The lowest BCUT2D eigenvalue weighted by Gasteiger charge is -2.29. The van der Waals surface area contributed by atoms with E-state index in [4.69, 9.17) is 9.47 Å². The van der Waals surface area contributed by atoms with E-state index in [9.17, 15) is 0 Å². The predicted octanol–water partition coefficient (Wildman–Crippen LogP) is 1.68. The molecule has 4 nitrogen and oxygen atoms in total. The molecule has 1 fully saturated rings. The van der Waals surface area contributed by atoms with Crippen molar-refractivity contribution in [3.05, 3.63) is 23.8 Å². The van der Waals surface area contributed by atoms with Crippen molar-refractivity contribution in [2.45, 2.75) is 37.9 Å². The molecule has 1 N–H and O–H groups in total. The molecule has 0 unspecified atom stereocenters. The zero-order chi connectivity index (χ0) is 14.1. The van der Waals surface area contributed by atoms with E-state index in [1.54, 1.807) is 7.11 Å². The molecule has 110 valence electrons. The number of hydrogen-bond donors (Lipinski definition) is 1. The lowest BCUT2D eigenvalue weighted by atomic mass is 10.0. The molecule has 1 aromatic carbocycles. The summed E-state index contributed by atoms with van der Waals surface area (Å²) < 4.78 is 11.3. The number of fused-ring (bicyclic) bond motifs is 1. The SMILES string of the molecule is COc1cccc2c1OC[C@H](N[C@@H]1C[C@@H](C)N(C)C1)C2. The molecule has 0 aromatic heterocycles. The van der Waals surface area contributed by atoms with Gasteiger partial charge in [-0.1, -0.05) is 12.1 Å². The fourth-order valence-corrected chi connectivity index (χ4v) is 3.31. The molecule has 0 amide bonds. The monoisotopic (exact) mass is 276 g/mol. The quantitative estimate of drug-likeness (QED) is 0.911. The molecule has 2 heterocycles. The van der Waals surface area contributed by atoms with E-state index >= 15 is 0 Å². The van der Waals surface area contributed by atoms with Crippen LogP contribution in [0.15, 0.2) is 18.2 Å². The Labute approximate surface area is 121 Å². The van der Waals surface area contributed by atoms with Crippen molar-refractivity contribution in [1.82, 2.24) is 10.2 Å². The average molecular weight is 276 g/mol. The maximum atomic E-state index is 5.92. The molecule has 20 heavy (non-hydrogen) atoms. The van der Waals surface area contributed by atoms with Crippen LogP contribution in [0.3, 0.4) is 0 Å². The van der Waals surface area contributed by atoms with Gasteiger partial charge in [0.1, 0.15) is 6.61 Å². The molecule has 4 heteroatoms. The van der Waals surface area contributed by atoms with Gasteiger partial charge in [-0.3, -0.25) is 0 Å². The number of methoxy groups -OCH3 is 1. The highest BCUT2D eigenvalue weighted by atomic mass is 16.5. The zero-order valence-electron chi connectivity index (χ0n) is 12.6. The van der Waals surface area contributed by atoms with Crippen LogP contribution in [-0.4, -0.2) is 50.3 Å². The lowest BCUT2D eigenvalue weighted by molar-refractivity contribution is 0.217. The molecule has 0 aliphatic carbocycles. The third-order valence-corrected chi connectivity index (χ3v) is 4.53. The van der Waals surface area contributed by atoms with Crippen LogP contribution in [0.25, 0.3) is 0 Å². The fourth-order valence-electron chi connectivity index (χ4n) is 3.31. The predicted molar refractivity (Wildman–Crippen MR) is 79.6 cm³/mol. The number of hydrogen-bond acceptors (Lipinski definition) is 4. The molecule has 0 spiro atoms. The maximum Gasteiger partial charge on any atom is 0.164 e. The van der Waals surface area contributed by atoms with Crippen LogP contribution in [0.1, 0.15) is 18.9 Å². The molecule has 3 rings (SSSR count). The molecule has 0 bridgehead atoms. The molecule has 0 radical (unpaired) electrons. The second kappa shape index (κ2) is 5.62. The van der Waals surface area contributed by atoms with Gasteiger partial charge in [0.25, 0.3) is 0 Å². The summed E-state index contributed by atoms with van der Waals surface area (Å²) in [6.07, 6.45) is 2.24. The minimum Gasteiger partial charge on any atom is -0.493 e. The lowest BCUT2D eigenvalue weighted by Crippen LogP contribution is -2.45. The van der Waals surface area contributed by atoms with Crippen molar-refractivity contribution in [3.8, 4) is 11.5 Å². The minimum absolute atomic E-state index is 0.401. The largest absolute Gasteiger partial charge is 0.493 e. The van der Waals surface area contributed by atoms with E-state index < -0.39 is 0 Å². The minimum atomic E-state index is 0.401. The van der Waals surface area contributed by atoms with E-state index in [0.717, 1.165) is 31.1 Å². The maximum absolute atomic E-state index is 5.92. The normalized spacial score (nSPS) is 29.9. The Kier molecular flexibility index (Phi) is 3.85. The summed E-state index contributed by atoms with van der Waals surface area (Å²) in [5.41, 5.74) is 1.24. The van der Waals surface area contributed by atoms with Gasteiger partial charge in [0.15, 0.2) is 11.5 Å². The Morgan fingerprint density at radius 1 is 1.35 bits per heavy atom. The van der Waals surface area contributed by atoms with E-state index in [2.05, 4.69) is 30.3 Å². The van der Waals surface area contributed by atoms with E-state index in [0.29, 0.717) is 18.1 Å². The summed E-state index contributed by atoms with van der Waals surface area (Å²) in [5.74, 6) is 1.76. The van der Waals surface area contributed by atoms with E-state index in [-0.39, 0.29) is 0 Å². The van der Waals surface area contributed by atoms with Crippen LogP contribution in [0.4, 0.5) is 0 Å². The van der Waals surface area contributed by atoms with Crippen molar-refractivity contribution in [2.75, 3.05) is 27.3 Å². The first kappa shape index (κ1) is 13.7. The van der Waals surface area contributed by atoms with Gasteiger partial charge < -0.3 is 19.7 Å². The number of para-hydroxylation sites is 1. The smallest absolute Gasteiger partial charge is 0.164 e. The van der Waals surface area contributed by atoms with Crippen LogP contribution in [0, 0.1) is 0 Å². The summed E-state index contributed by atoms with van der Waals surface area (Å²) >= 11 is 0. The van der Waals surface area contributed by atoms with Gasteiger partial charge >= 0.3 is 0 Å². The Morgan fingerprint density at radius 3 is 2.90 bits per heavy atom. The number of rotatable bonds is 3. The summed E-state index contributed by atoms with van der Waals surface area (Å²) in [6.45, 7) is 4.14. The molecular formula is C16H24N2O2. The van der Waals surface area contributed by atoms with Gasteiger partial charge in [-0.05, 0) is 38.4 Å². The number of nitrogens with one attached hydrogen (secondary N) is 1. The third-order valence-electron chi connectivity index (χ3n) is 4.53. The molecular weight excluding hydrogens is 252 g/mol. The highest BCUT2D eigenvalue weighted by Crippen LogP contribution is 2.34. The molecule has 1 saturated heterocycles. The number of benzene rings is 1. The molecule has 2 aliphatic heterocycles. The van der Waals surface area contributed by atoms with Crippen molar-refractivity contribution in [3.63, 3.8) is 0 Å². The van der Waals surface area contributed by atoms with Crippen LogP contribution < -0.4 is 14.8 Å². The number of likely N-dealkylation sites (tertiary alicyclic amines) is 1. The second-order valence-corrected chi connectivity index (χ2v) is 6.05. The Bertz CT molecular complexity index is 468. The van der Waals surface area contributed by atoms with Crippen molar-refractivity contribution >= 4 is 0 Å². The topological polar surface area (TPSA) is 33.7 Å². The summed E-state index contributed by atoms with van der Waals surface area (Å²) in [7, 11) is 3.89. The van der Waals surface area contributed by atoms with Crippen LogP contribution >= 0.6 is 0 Å².